The van der Waals surface area contributed by atoms with E-state index >= 15 is 0 Å². The van der Waals surface area contributed by atoms with Crippen LogP contribution < -0.4 is 4.74 Å². The highest BCUT2D eigenvalue weighted by molar-refractivity contribution is 6.18. The van der Waals surface area contributed by atoms with E-state index in [1.54, 1.807) is 0 Å². The highest BCUT2D eigenvalue weighted by Gasteiger charge is 2.22. The number of halogens is 1. The Balaban J connectivity index is 1.99. The molecule has 0 spiro atoms. The van der Waals surface area contributed by atoms with Crippen molar-refractivity contribution in [3.8, 4) is 5.88 Å². The van der Waals surface area contributed by atoms with Crippen molar-refractivity contribution in [1.29, 1.82) is 0 Å². The third-order valence-electron chi connectivity index (χ3n) is 3.14. The first-order valence-corrected chi connectivity index (χ1v) is 6.47. The molecule has 0 unspecified atom stereocenters. The average Bonchev–Trinajstić information content (AvgIpc) is 3.20. The smallest absolute Gasteiger partial charge is 0.221 e. The summed E-state index contributed by atoms with van der Waals surface area (Å²) in [7, 11) is 0. The molecule has 17 heavy (non-hydrogen) atoms. The van der Waals surface area contributed by atoms with E-state index < -0.39 is 0 Å². The number of benzene rings is 1. The second-order valence-corrected chi connectivity index (χ2v) is 4.79. The first-order valence-electron chi connectivity index (χ1n) is 5.94. The van der Waals surface area contributed by atoms with Gasteiger partial charge in [-0.3, -0.25) is 0 Å². The number of rotatable bonds is 4. The van der Waals surface area contributed by atoms with Crippen LogP contribution in [0.1, 0.15) is 18.4 Å². The van der Waals surface area contributed by atoms with Gasteiger partial charge in [-0.1, -0.05) is 18.2 Å². The summed E-state index contributed by atoms with van der Waals surface area (Å²) in [5.41, 5.74) is 1.06. The van der Waals surface area contributed by atoms with Crippen LogP contribution >= 0.6 is 11.6 Å². The van der Waals surface area contributed by atoms with Gasteiger partial charge in [0.05, 0.1) is 6.61 Å². The number of aromatic nitrogens is 1. The Morgan fingerprint density at radius 3 is 2.71 bits per heavy atom. The van der Waals surface area contributed by atoms with Crippen LogP contribution in [0.25, 0.3) is 10.8 Å². The fraction of sp³-hybridized carbons (Fsp3) is 0.357. The Labute approximate surface area is 106 Å². The molecule has 2 aromatic rings. The molecule has 3 rings (SSSR count). The molecule has 0 saturated heterocycles. The van der Waals surface area contributed by atoms with Crippen molar-refractivity contribution in [3.05, 3.63) is 36.0 Å². The summed E-state index contributed by atoms with van der Waals surface area (Å²) < 4.78 is 5.79. The number of pyridine rings is 1. The van der Waals surface area contributed by atoms with Crippen molar-refractivity contribution in [3.63, 3.8) is 0 Å². The number of fused-ring (bicyclic) bond motifs is 1. The summed E-state index contributed by atoms with van der Waals surface area (Å²) in [6, 6.07) is 8.13. The Bertz CT molecular complexity index is 537. The summed E-state index contributed by atoms with van der Waals surface area (Å²) in [6.45, 7) is 0.789. The minimum atomic E-state index is 0.483. The van der Waals surface area contributed by atoms with Crippen LogP contribution in [-0.4, -0.2) is 11.6 Å². The molecule has 0 radical (unpaired) electrons. The Morgan fingerprint density at radius 1 is 1.24 bits per heavy atom. The standard InChI is InChI=1S/C14H14ClNO/c15-7-11-8-16-14(17-9-10-5-6-10)13-4-2-1-3-12(11)13/h1-4,8,10H,5-7,9H2. The Kier molecular flexibility index (Phi) is 2.89. The van der Waals surface area contributed by atoms with E-state index in [9.17, 15) is 0 Å². The van der Waals surface area contributed by atoms with Crippen molar-refractivity contribution in [2.75, 3.05) is 6.61 Å². The average molecular weight is 248 g/mol. The molecule has 1 aromatic heterocycles. The molecule has 3 heteroatoms. The first kappa shape index (κ1) is 10.8. The van der Waals surface area contributed by atoms with E-state index in [4.69, 9.17) is 16.3 Å². The largest absolute Gasteiger partial charge is 0.477 e. The monoisotopic (exact) mass is 247 g/mol. The van der Waals surface area contributed by atoms with Crippen LogP contribution in [0.4, 0.5) is 0 Å². The lowest BCUT2D eigenvalue weighted by Gasteiger charge is -2.09. The van der Waals surface area contributed by atoms with Crippen LogP contribution in [0, 0.1) is 5.92 Å². The van der Waals surface area contributed by atoms with Crippen molar-refractivity contribution in [2.24, 2.45) is 5.92 Å². The summed E-state index contributed by atoms with van der Waals surface area (Å²) in [6.07, 6.45) is 4.40. The number of hydrogen-bond acceptors (Lipinski definition) is 2. The van der Waals surface area contributed by atoms with Gasteiger partial charge in [-0.15, -0.1) is 11.6 Å². The van der Waals surface area contributed by atoms with Crippen LogP contribution in [-0.2, 0) is 5.88 Å². The second kappa shape index (κ2) is 4.53. The molecule has 0 aliphatic heterocycles. The molecule has 1 aromatic carbocycles. The topological polar surface area (TPSA) is 22.1 Å². The van der Waals surface area contributed by atoms with E-state index in [1.807, 2.05) is 24.4 Å². The zero-order valence-electron chi connectivity index (χ0n) is 9.53. The van der Waals surface area contributed by atoms with Gasteiger partial charge in [0, 0.05) is 17.5 Å². The third-order valence-corrected chi connectivity index (χ3v) is 3.43. The predicted octanol–water partition coefficient (Wildman–Crippen LogP) is 3.76. The zero-order chi connectivity index (χ0) is 11.7. The highest BCUT2D eigenvalue weighted by atomic mass is 35.5. The quantitative estimate of drug-likeness (QED) is 0.768. The van der Waals surface area contributed by atoms with E-state index in [1.165, 1.54) is 12.8 Å². The normalized spacial score (nSPS) is 15.1. The molecule has 1 saturated carbocycles. The van der Waals surface area contributed by atoms with E-state index in [0.29, 0.717) is 5.88 Å². The van der Waals surface area contributed by atoms with Crippen LogP contribution in [0.5, 0.6) is 5.88 Å². The second-order valence-electron chi connectivity index (χ2n) is 4.52. The number of nitrogens with zero attached hydrogens (tertiary/aromatic N) is 1. The molecule has 0 atom stereocenters. The number of hydrogen-bond donors (Lipinski definition) is 0. The van der Waals surface area contributed by atoms with Gasteiger partial charge in [-0.25, -0.2) is 4.98 Å². The third kappa shape index (κ3) is 2.22. The summed E-state index contributed by atoms with van der Waals surface area (Å²) in [4.78, 5) is 4.37. The van der Waals surface area contributed by atoms with Crippen LogP contribution in [0.15, 0.2) is 30.5 Å². The lowest BCUT2D eigenvalue weighted by atomic mass is 10.1. The van der Waals surface area contributed by atoms with Gasteiger partial charge >= 0.3 is 0 Å². The summed E-state index contributed by atoms with van der Waals surface area (Å²) >= 11 is 5.91. The van der Waals surface area contributed by atoms with E-state index in [2.05, 4.69) is 11.1 Å². The molecule has 1 aliphatic carbocycles. The maximum absolute atomic E-state index is 5.91. The summed E-state index contributed by atoms with van der Waals surface area (Å²) in [5.74, 6) is 1.96. The molecule has 0 bridgehead atoms. The van der Waals surface area contributed by atoms with E-state index in [0.717, 1.165) is 34.7 Å². The van der Waals surface area contributed by atoms with Gasteiger partial charge in [0.1, 0.15) is 0 Å². The van der Waals surface area contributed by atoms with Crippen molar-refractivity contribution in [2.45, 2.75) is 18.7 Å². The van der Waals surface area contributed by atoms with Gasteiger partial charge in [0.25, 0.3) is 0 Å². The molecule has 88 valence electrons. The van der Waals surface area contributed by atoms with Gasteiger partial charge in [0.2, 0.25) is 5.88 Å². The minimum absolute atomic E-state index is 0.483. The van der Waals surface area contributed by atoms with Crippen LogP contribution in [0.2, 0.25) is 0 Å². The van der Waals surface area contributed by atoms with Crippen LogP contribution in [0.3, 0.4) is 0 Å². The summed E-state index contributed by atoms with van der Waals surface area (Å²) in [5, 5.41) is 2.20. The molecule has 0 amide bonds. The first-order chi connectivity index (χ1) is 8.38. The lowest BCUT2D eigenvalue weighted by molar-refractivity contribution is 0.292. The minimum Gasteiger partial charge on any atom is -0.477 e. The highest BCUT2D eigenvalue weighted by Crippen LogP contribution is 2.31. The fourth-order valence-corrected chi connectivity index (χ4v) is 2.14. The molecular formula is C14H14ClNO. The van der Waals surface area contributed by atoms with Gasteiger partial charge in [-0.2, -0.15) is 0 Å². The predicted molar refractivity (Wildman–Crippen MR) is 69.5 cm³/mol. The Hall–Kier alpha value is -1.28. The number of alkyl halides is 1. The molecule has 1 aliphatic rings. The van der Waals surface area contributed by atoms with Crippen molar-refractivity contribution >= 4 is 22.4 Å². The van der Waals surface area contributed by atoms with Gasteiger partial charge in [-0.05, 0) is 35.8 Å². The molecule has 1 fully saturated rings. The van der Waals surface area contributed by atoms with Gasteiger partial charge < -0.3 is 4.74 Å². The SMILES string of the molecule is ClCc1cnc(OCC2CC2)c2ccccc12. The maximum atomic E-state index is 5.91. The number of ether oxygens (including phenoxy) is 1. The molecular weight excluding hydrogens is 234 g/mol. The van der Waals surface area contributed by atoms with Crippen molar-refractivity contribution < 1.29 is 4.74 Å². The van der Waals surface area contributed by atoms with Crippen molar-refractivity contribution in [1.82, 2.24) is 4.98 Å². The molecule has 1 heterocycles. The Morgan fingerprint density at radius 2 is 2.00 bits per heavy atom. The zero-order valence-corrected chi connectivity index (χ0v) is 10.3. The molecule has 0 N–H and O–H groups in total. The fourth-order valence-electron chi connectivity index (χ4n) is 1.93. The van der Waals surface area contributed by atoms with Gasteiger partial charge in [0.15, 0.2) is 0 Å². The maximum Gasteiger partial charge on any atom is 0.221 e. The molecule has 2 nitrogen and oxygen atoms in total. The lowest BCUT2D eigenvalue weighted by Crippen LogP contribution is -2.01. The van der Waals surface area contributed by atoms with E-state index in [-0.39, 0.29) is 0 Å².